The highest BCUT2D eigenvalue weighted by Gasteiger charge is 2.19. The van der Waals surface area contributed by atoms with Gasteiger partial charge in [0.25, 0.3) is 0 Å². The van der Waals surface area contributed by atoms with Crippen LogP contribution in [0, 0.1) is 12.7 Å². The number of amides is 1. The minimum absolute atomic E-state index is 0.124. The predicted octanol–water partition coefficient (Wildman–Crippen LogP) is 1.50. The summed E-state index contributed by atoms with van der Waals surface area (Å²) in [5, 5.41) is 6.14. The Morgan fingerprint density at radius 3 is 3.06 bits per heavy atom. The molecule has 4 heteroatoms. The second-order valence-electron chi connectivity index (χ2n) is 4.50. The van der Waals surface area contributed by atoms with E-state index in [0.717, 1.165) is 24.1 Å². The monoisotopic (exact) mass is 236 g/mol. The third-order valence-electron chi connectivity index (χ3n) is 3.10. The van der Waals surface area contributed by atoms with Crippen LogP contribution in [-0.2, 0) is 11.3 Å². The van der Waals surface area contributed by atoms with Gasteiger partial charge < -0.3 is 10.6 Å². The highest BCUT2D eigenvalue weighted by Crippen LogP contribution is 2.10. The predicted molar refractivity (Wildman–Crippen MR) is 64.0 cm³/mol. The summed E-state index contributed by atoms with van der Waals surface area (Å²) in [6.07, 6.45) is 1.50. The number of carbonyl (C=O) groups excluding carboxylic acids is 1. The first-order valence-corrected chi connectivity index (χ1v) is 5.90. The molecular weight excluding hydrogens is 219 g/mol. The van der Waals surface area contributed by atoms with E-state index in [0.29, 0.717) is 13.0 Å². The molecule has 1 aromatic rings. The lowest BCUT2D eigenvalue weighted by molar-refractivity contribution is -0.119. The van der Waals surface area contributed by atoms with Gasteiger partial charge in [-0.1, -0.05) is 6.07 Å². The Morgan fingerprint density at radius 2 is 2.35 bits per heavy atom. The molecule has 1 heterocycles. The largest absolute Gasteiger partial charge is 0.352 e. The van der Waals surface area contributed by atoms with Crippen molar-refractivity contribution in [2.75, 3.05) is 6.54 Å². The number of hydrogen-bond acceptors (Lipinski definition) is 2. The molecule has 0 saturated carbocycles. The number of benzene rings is 1. The summed E-state index contributed by atoms with van der Waals surface area (Å²) in [6.45, 7) is 3.34. The van der Waals surface area contributed by atoms with Crippen molar-refractivity contribution in [2.45, 2.75) is 32.4 Å². The zero-order chi connectivity index (χ0) is 12.3. The lowest BCUT2D eigenvalue weighted by Crippen LogP contribution is -2.35. The Labute approximate surface area is 100 Å². The van der Waals surface area contributed by atoms with E-state index in [1.807, 2.05) is 6.92 Å². The summed E-state index contributed by atoms with van der Waals surface area (Å²) in [5.74, 6) is -0.0831. The minimum Gasteiger partial charge on any atom is -0.352 e. The summed E-state index contributed by atoms with van der Waals surface area (Å²) in [4.78, 5) is 11.0. The molecule has 1 atom stereocenters. The van der Waals surface area contributed by atoms with E-state index >= 15 is 0 Å². The molecule has 1 fully saturated rings. The number of carbonyl (C=O) groups is 1. The van der Waals surface area contributed by atoms with E-state index in [1.165, 1.54) is 6.07 Å². The van der Waals surface area contributed by atoms with E-state index in [1.54, 1.807) is 12.1 Å². The molecule has 0 bridgehead atoms. The highest BCUT2D eigenvalue weighted by molar-refractivity contribution is 5.78. The molecule has 3 nitrogen and oxygen atoms in total. The maximum Gasteiger partial charge on any atom is 0.220 e. The van der Waals surface area contributed by atoms with Crippen molar-refractivity contribution in [3.05, 3.63) is 35.1 Å². The average molecular weight is 236 g/mol. The molecule has 17 heavy (non-hydrogen) atoms. The topological polar surface area (TPSA) is 41.1 Å². The minimum atomic E-state index is -0.207. The third kappa shape index (κ3) is 3.27. The van der Waals surface area contributed by atoms with Crippen molar-refractivity contribution in [3.63, 3.8) is 0 Å². The van der Waals surface area contributed by atoms with Crippen LogP contribution in [0.3, 0.4) is 0 Å². The smallest absolute Gasteiger partial charge is 0.220 e. The Balaban J connectivity index is 1.81. The van der Waals surface area contributed by atoms with Gasteiger partial charge in [0, 0.05) is 25.6 Å². The van der Waals surface area contributed by atoms with Gasteiger partial charge in [0.05, 0.1) is 0 Å². The molecule has 1 saturated heterocycles. The van der Waals surface area contributed by atoms with Crippen LogP contribution in [0.15, 0.2) is 18.2 Å². The molecule has 0 aliphatic carbocycles. The maximum absolute atomic E-state index is 13.0. The summed E-state index contributed by atoms with van der Waals surface area (Å²) in [5.41, 5.74) is 2.05. The number of rotatable bonds is 4. The van der Waals surface area contributed by atoms with E-state index in [4.69, 9.17) is 0 Å². The second-order valence-corrected chi connectivity index (χ2v) is 4.50. The normalized spacial score (nSPS) is 19.4. The van der Waals surface area contributed by atoms with Crippen LogP contribution in [-0.4, -0.2) is 18.5 Å². The van der Waals surface area contributed by atoms with Gasteiger partial charge in [0.2, 0.25) is 5.91 Å². The molecule has 2 N–H and O–H groups in total. The van der Waals surface area contributed by atoms with Crippen molar-refractivity contribution in [3.8, 4) is 0 Å². The van der Waals surface area contributed by atoms with Crippen molar-refractivity contribution < 1.29 is 9.18 Å². The first-order valence-electron chi connectivity index (χ1n) is 5.90. The molecule has 1 unspecified atom stereocenters. The van der Waals surface area contributed by atoms with Crippen LogP contribution < -0.4 is 10.6 Å². The first-order chi connectivity index (χ1) is 8.15. The summed E-state index contributed by atoms with van der Waals surface area (Å²) >= 11 is 0. The van der Waals surface area contributed by atoms with Gasteiger partial charge in [0.15, 0.2) is 0 Å². The zero-order valence-electron chi connectivity index (χ0n) is 9.92. The van der Waals surface area contributed by atoms with Crippen molar-refractivity contribution in [2.24, 2.45) is 0 Å². The molecule has 1 aliphatic rings. The number of halogens is 1. The quantitative estimate of drug-likeness (QED) is 0.832. The van der Waals surface area contributed by atoms with Crippen molar-refractivity contribution in [1.82, 2.24) is 10.6 Å². The van der Waals surface area contributed by atoms with Gasteiger partial charge in [-0.25, -0.2) is 4.39 Å². The Morgan fingerprint density at radius 1 is 1.53 bits per heavy atom. The molecule has 92 valence electrons. The van der Waals surface area contributed by atoms with Gasteiger partial charge in [-0.15, -0.1) is 0 Å². The van der Waals surface area contributed by atoms with Gasteiger partial charge in [0.1, 0.15) is 5.82 Å². The van der Waals surface area contributed by atoms with Crippen molar-refractivity contribution in [1.29, 1.82) is 0 Å². The van der Waals surface area contributed by atoms with Gasteiger partial charge in [-0.2, -0.15) is 0 Å². The Bertz CT molecular complexity index is 420. The molecule has 2 rings (SSSR count). The van der Waals surface area contributed by atoms with E-state index in [2.05, 4.69) is 10.6 Å². The Kier molecular flexibility index (Phi) is 3.74. The molecule has 0 aromatic heterocycles. The summed E-state index contributed by atoms with van der Waals surface area (Å²) < 4.78 is 13.0. The molecule has 0 radical (unpaired) electrons. The molecule has 1 aromatic carbocycles. The van der Waals surface area contributed by atoms with Gasteiger partial charge in [-0.05, 0) is 36.6 Å². The van der Waals surface area contributed by atoms with E-state index < -0.39 is 0 Å². The number of aryl methyl sites for hydroxylation is 1. The number of nitrogens with one attached hydrogen (secondary N) is 2. The van der Waals surface area contributed by atoms with E-state index in [9.17, 15) is 9.18 Å². The van der Waals surface area contributed by atoms with Crippen LogP contribution in [0.1, 0.15) is 24.0 Å². The maximum atomic E-state index is 13.0. The summed E-state index contributed by atoms with van der Waals surface area (Å²) in [7, 11) is 0. The first kappa shape index (κ1) is 12.0. The standard InChI is InChI=1S/C13H17FN2O/c1-9-2-3-11(14)6-10(9)7-15-8-12-4-5-13(17)16-12/h2-3,6,12,15H,4-5,7-8H2,1H3,(H,16,17). The van der Waals surface area contributed by atoms with Gasteiger partial charge >= 0.3 is 0 Å². The van der Waals surface area contributed by atoms with Crippen LogP contribution in [0.2, 0.25) is 0 Å². The van der Waals surface area contributed by atoms with Crippen LogP contribution in [0.25, 0.3) is 0 Å². The van der Waals surface area contributed by atoms with Crippen LogP contribution >= 0.6 is 0 Å². The van der Waals surface area contributed by atoms with Crippen LogP contribution in [0.4, 0.5) is 4.39 Å². The Hall–Kier alpha value is -1.42. The highest BCUT2D eigenvalue weighted by atomic mass is 19.1. The number of hydrogen-bond donors (Lipinski definition) is 2. The van der Waals surface area contributed by atoms with Crippen molar-refractivity contribution >= 4 is 5.91 Å². The average Bonchev–Trinajstić information content (AvgIpc) is 2.69. The fourth-order valence-corrected chi connectivity index (χ4v) is 2.04. The second kappa shape index (κ2) is 5.27. The molecule has 1 amide bonds. The fraction of sp³-hybridized carbons (Fsp3) is 0.462. The lowest BCUT2D eigenvalue weighted by Gasteiger charge is -2.12. The molecule has 0 spiro atoms. The summed E-state index contributed by atoms with van der Waals surface area (Å²) in [6, 6.07) is 5.02. The lowest BCUT2D eigenvalue weighted by atomic mass is 10.1. The molecular formula is C13H17FN2O. The van der Waals surface area contributed by atoms with E-state index in [-0.39, 0.29) is 17.8 Å². The zero-order valence-corrected chi connectivity index (χ0v) is 9.92. The third-order valence-corrected chi connectivity index (χ3v) is 3.10. The SMILES string of the molecule is Cc1ccc(F)cc1CNCC1CCC(=O)N1. The van der Waals surface area contributed by atoms with Crippen LogP contribution in [0.5, 0.6) is 0 Å². The fourth-order valence-electron chi connectivity index (χ4n) is 2.04. The molecule has 1 aliphatic heterocycles. The van der Waals surface area contributed by atoms with Gasteiger partial charge in [-0.3, -0.25) is 4.79 Å².